The summed E-state index contributed by atoms with van der Waals surface area (Å²) in [5.41, 5.74) is -3.30. The monoisotopic (exact) mass is 350 g/mol. The number of allylic oxidation sites excluding steroid dienone is 1. The van der Waals surface area contributed by atoms with E-state index in [1.807, 2.05) is 0 Å². The first kappa shape index (κ1) is 22.6. The lowest BCUT2D eigenvalue weighted by Crippen LogP contribution is -2.41. The first-order valence-electron chi connectivity index (χ1n) is 3.24. The molecule has 2 unspecified atom stereocenters. The van der Waals surface area contributed by atoms with Crippen LogP contribution in [0.3, 0.4) is 0 Å². The molecule has 0 saturated carbocycles. The Morgan fingerprint density at radius 2 is 1.35 bits per heavy atom. The highest BCUT2D eigenvalue weighted by atomic mass is 35.5. The molecule has 0 heterocycles. The first-order valence-corrected chi connectivity index (χ1v) is 4.81. The zero-order chi connectivity index (χ0) is 13.7. The molecule has 2 atom stereocenters. The van der Waals surface area contributed by atoms with Gasteiger partial charge in [-0.2, -0.15) is 17.6 Å². The van der Waals surface area contributed by atoms with E-state index in [1.54, 1.807) is 0 Å². The van der Waals surface area contributed by atoms with Crippen molar-refractivity contribution in [1.82, 2.24) is 0 Å². The number of halogens is 11. The summed E-state index contributed by atoms with van der Waals surface area (Å²) in [5.74, 6) is 0. The van der Waals surface area contributed by atoms with Gasteiger partial charge >= 0.3 is 11.3 Å². The van der Waals surface area contributed by atoms with E-state index in [9.17, 15) is 26.3 Å². The van der Waals surface area contributed by atoms with Crippen LogP contribution in [0.4, 0.5) is 31.0 Å². The van der Waals surface area contributed by atoms with Gasteiger partial charge in [0.25, 0.3) is 0 Å². The van der Waals surface area contributed by atoms with Crippen LogP contribution in [-0.4, -0.2) is 16.9 Å². The van der Waals surface area contributed by atoms with E-state index in [1.165, 1.54) is 6.92 Å². The van der Waals surface area contributed by atoms with E-state index < -0.39 is 22.2 Å². The van der Waals surface area contributed by atoms with E-state index in [4.69, 9.17) is 23.2 Å². The Kier molecular flexibility index (Phi) is 11.3. The van der Waals surface area contributed by atoms with Crippen LogP contribution in [0, 0.1) is 0 Å². The predicted molar refractivity (Wildman–Crippen MR) is 54.5 cm³/mol. The molecule has 0 N–H and O–H groups in total. The molecular weight excluding hydrogens is 347 g/mol. The van der Waals surface area contributed by atoms with Gasteiger partial charge in [0, 0.05) is 0 Å². The summed E-state index contributed by atoms with van der Waals surface area (Å²) in [5, 5.41) is -5.33. The molecule has 0 aromatic heterocycles. The molecule has 0 nitrogen and oxygen atoms in total. The molecule has 0 bridgehead atoms. The van der Waals surface area contributed by atoms with Crippen LogP contribution in [0.1, 0.15) is 6.92 Å². The van der Waals surface area contributed by atoms with Gasteiger partial charge in [0.2, 0.25) is 10.9 Å². The highest BCUT2D eigenvalue weighted by Gasteiger charge is 2.60. The average Bonchev–Trinajstić information content (AvgIpc) is 2.02. The lowest BCUT2D eigenvalue weighted by Gasteiger charge is -2.20. The van der Waals surface area contributed by atoms with E-state index >= 15 is 0 Å². The zero-order valence-electron chi connectivity index (χ0n) is 7.77. The minimum atomic E-state index is -5.49. The maximum absolute atomic E-state index is 11.9. The van der Waals surface area contributed by atoms with Crippen LogP contribution in [0.5, 0.6) is 0 Å². The molecule has 0 aliphatic heterocycles. The summed E-state index contributed by atoms with van der Waals surface area (Å²) in [4.78, 5) is 0. The summed E-state index contributed by atoms with van der Waals surface area (Å²) in [6, 6.07) is 0. The second-order valence-corrected chi connectivity index (χ2v) is 4.05. The lowest BCUT2D eigenvalue weighted by atomic mass is 10.4. The Hall–Kier alpha value is 0.410. The molecule has 11 heteroatoms. The molecule has 0 aromatic rings. The molecular formula is C6H5Cl4F7. The van der Waals surface area contributed by atoms with E-state index in [-0.39, 0.29) is 9.74 Å². The topological polar surface area (TPSA) is 0 Å². The van der Waals surface area contributed by atoms with Crippen molar-refractivity contribution in [3.05, 3.63) is 10.3 Å². The van der Waals surface area contributed by atoms with Crippen LogP contribution in [0.15, 0.2) is 10.3 Å². The van der Waals surface area contributed by atoms with E-state index in [0.29, 0.717) is 0 Å². The molecule has 106 valence electrons. The molecule has 0 aromatic carbocycles. The predicted octanol–water partition coefficient (Wildman–Crippen LogP) is 5.76. The van der Waals surface area contributed by atoms with Gasteiger partial charge in [0.15, 0.2) is 0 Å². The SMILES string of the molecule is C/C(Cl)=C(\F)Cl.F.FC(Cl)C(F)(Cl)C(F)(F)F. The van der Waals surface area contributed by atoms with Gasteiger partial charge in [-0.05, 0) is 18.5 Å². The Bertz CT molecular complexity index is 229. The normalized spacial score (nSPS) is 17.8. The van der Waals surface area contributed by atoms with Crippen molar-refractivity contribution in [3.63, 3.8) is 0 Å². The van der Waals surface area contributed by atoms with Crippen molar-refractivity contribution in [2.45, 2.75) is 23.9 Å². The molecule has 0 rings (SSSR count). The number of hydrogen-bond acceptors (Lipinski definition) is 0. The van der Waals surface area contributed by atoms with Crippen molar-refractivity contribution in [2.75, 3.05) is 0 Å². The third-order valence-corrected chi connectivity index (χ3v) is 2.28. The Morgan fingerprint density at radius 3 is 1.35 bits per heavy atom. The lowest BCUT2D eigenvalue weighted by molar-refractivity contribution is -0.206. The standard InChI is InChI=1S/C3HCl2F5.C3H3Cl2F.FH/c4-1(6)2(5,7)3(8,9)10;1-2(4)3(5)6;/h1H;1H3;1H/b;3-2+;. The van der Waals surface area contributed by atoms with Gasteiger partial charge in [-0.1, -0.05) is 34.8 Å². The number of alkyl halides is 7. The first-order chi connectivity index (χ1) is 6.84. The smallest absolute Gasteiger partial charge is 0.269 e. The van der Waals surface area contributed by atoms with Gasteiger partial charge in [0.1, 0.15) is 0 Å². The Labute approximate surface area is 112 Å². The zero-order valence-corrected chi connectivity index (χ0v) is 10.8. The molecule has 0 radical (unpaired) electrons. The minimum absolute atomic E-state index is 0. The molecule has 0 fully saturated rings. The van der Waals surface area contributed by atoms with Gasteiger partial charge in [-0.15, -0.1) is 0 Å². The Balaban J connectivity index is -0.000000244. The molecule has 0 saturated heterocycles. The van der Waals surface area contributed by atoms with Crippen molar-refractivity contribution < 1.29 is 31.0 Å². The second kappa shape index (κ2) is 8.50. The average molecular weight is 352 g/mol. The van der Waals surface area contributed by atoms with Gasteiger partial charge in [0.05, 0.1) is 5.03 Å². The van der Waals surface area contributed by atoms with E-state index in [2.05, 4.69) is 23.2 Å². The molecule has 0 aliphatic rings. The van der Waals surface area contributed by atoms with Gasteiger partial charge in [-0.3, -0.25) is 4.70 Å². The summed E-state index contributed by atoms with van der Waals surface area (Å²) in [6.07, 6.45) is -5.49. The minimum Gasteiger partial charge on any atom is -0.269 e. The number of rotatable bonds is 1. The second-order valence-electron chi connectivity index (χ2n) is 2.22. The molecule has 17 heavy (non-hydrogen) atoms. The summed E-state index contributed by atoms with van der Waals surface area (Å²) < 4.78 is 68.5. The molecule has 0 aliphatic carbocycles. The highest BCUT2D eigenvalue weighted by Crippen LogP contribution is 2.42. The van der Waals surface area contributed by atoms with Crippen molar-refractivity contribution >= 4 is 46.4 Å². The highest BCUT2D eigenvalue weighted by molar-refractivity contribution is 6.37. The quantitative estimate of drug-likeness (QED) is 0.416. The van der Waals surface area contributed by atoms with Crippen LogP contribution >= 0.6 is 46.4 Å². The van der Waals surface area contributed by atoms with Crippen LogP contribution in [-0.2, 0) is 0 Å². The molecule has 0 amide bonds. The largest absolute Gasteiger partial charge is 0.441 e. The van der Waals surface area contributed by atoms with Crippen LogP contribution in [0.2, 0.25) is 0 Å². The van der Waals surface area contributed by atoms with E-state index in [0.717, 1.165) is 0 Å². The van der Waals surface area contributed by atoms with Gasteiger partial charge < -0.3 is 0 Å². The van der Waals surface area contributed by atoms with Crippen molar-refractivity contribution in [2.24, 2.45) is 0 Å². The van der Waals surface area contributed by atoms with Crippen LogP contribution in [0.25, 0.3) is 0 Å². The van der Waals surface area contributed by atoms with Gasteiger partial charge in [-0.25, -0.2) is 8.78 Å². The number of hydrogen-bond donors (Lipinski definition) is 0. The summed E-state index contributed by atoms with van der Waals surface area (Å²) >= 11 is 17.9. The third-order valence-electron chi connectivity index (χ3n) is 0.912. The fourth-order valence-corrected chi connectivity index (χ4v) is 0.247. The van der Waals surface area contributed by atoms with Crippen LogP contribution < -0.4 is 0 Å². The fourth-order valence-electron chi connectivity index (χ4n) is 0.124. The van der Waals surface area contributed by atoms with Crippen molar-refractivity contribution in [3.8, 4) is 0 Å². The fraction of sp³-hybridized carbons (Fsp3) is 0.667. The van der Waals surface area contributed by atoms with Crippen molar-refractivity contribution in [1.29, 1.82) is 0 Å². The maximum atomic E-state index is 11.9. The third kappa shape index (κ3) is 9.04. The summed E-state index contributed by atoms with van der Waals surface area (Å²) in [6.45, 7) is 1.38. The maximum Gasteiger partial charge on any atom is 0.441 e. The molecule has 0 spiro atoms. The Morgan fingerprint density at radius 1 is 1.12 bits per heavy atom. The summed E-state index contributed by atoms with van der Waals surface area (Å²) in [7, 11) is 0.